The third-order valence-corrected chi connectivity index (χ3v) is 3.89. The van der Waals surface area contributed by atoms with Crippen LogP contribution in [0, 0.1) is 5.92 Å². The van der Waals surface area contributed by atoms with Crippen molar-refractivity contribution in [2.45, 2.75) is 40.2 Å². The molecular weight excluding hydrogens is 218 g/mol. The molecule has 0 amide bonds. The van der Waals surface area contributed by atoms with Gasteiger partial charge in [-0.15, -0.1) is 11.3 Å². The van der Waals surface area contributed by atoms with E-state index in [1.165, 1.54) is 17.0 Å². The Labute approximate surface area is 103 Å². The zero-order valence-electron chi connectivity index (χ0n) is 10.8. The van der Waals surface area contributed by atoms with Crippen LogP contribution >= 0.6 is 11.3 Å². The fourth-order valence-corrected chi connectivity index (χ4v) is 2.53. The molecule has 1 rings (SSSR count). The number of nitrogens with zero attached hydrogens (tertiary/aromatic N) is 2. The molecule has 0 aliphatic rings. The van der Waals surface area contributed by atoms with Crippen LogP contribution in [0.1, 0.15) is 37.8 Å². The average molecular weight is 241 g/mol. The van der Waals surface area contributed by atoms with E-state index in [2.05, 4.69) is 37.7 Å². The highest BCUT2D eigenvalue weighted by Crippen LogP contribution is 2.26. The van der Waals surface area contributed by atoms with Gasteiger partial charge in [0.2, 0.25) is 0 Å². The molecule has 2 N–H and O–H groups in total. The van der Waals surface area contributed by atoms with Gasteiger partial charge in [-0.1, -0.05) is 20.8 Å². The zero-order valence-corrected chi connectivity index (χ0v) is 11.6. The fourth-order valence-electron chi connectivity index (χ4n) is 1.52. The molecule has 0 radical (unpaired) electrons. The van der Waals surface area contributed by atoms with Gasteiger partial charge in [0.05, 0.1) is 5.69 Å². The maximum atomic E-state index is 5.71. The quantitative estimate of drug-likeness (QED) is 0.832. The maximum Gasteiger partial charge on any atom is 0.185 e. The normalized spacial score (nSPS) is 11.1. The Kier molecular flexibility index (Phi) is 5.22. The molecule has 0 fully saturated rings. The van der Waals surface area contributed by atoms with Crippen LogP contribution < -0.4 is 10.6 Å². The van der Waals surface area contributed by atoms with E-state index in [0.29, 0.717) is 6.54 Å². The van der Waals surface area contributed by atoms with Crippen molar-refractivity contribution >= 4 is 16.5 Å². The largest absolute Gasteiger partial charge is 0.351 e. The third kappa shape index (κ3) is 3.46. The first-order valence-electron chi connectivity index (χ1n) is 5.98. The summed E-state index contributed by atoms with van der Waals surface area (Å²) in [6.07, 6.45) is 2.18. The Bertz CT molecular complexity index is 299. The molecule has 92 valence electrons. The predicted octanol–water partition coefficient (Wildman–Crippen LogP) is 2.65. The first-order chi connectivity index (χ1) is 7.58. The van der Waals surface area contributed by atoms with Gasteiger partial charge in [0.1, 0.15) is 0 Å². The maximum absolute atomic E-state index is 5.71. The molecule has 0 unspecified atom stereocenters. The Morgan fingerprint density at radius 3 is 2.56 bits per heavy atom. The SMILES string of the molecule is CCc1nc(N(C)CCC(C)C)sc1CN. The van der Waals surface area contributed by atoms with Crippen molar-refractivity contribution in [2.75, 3.05) is 18.5 Å². The van der Waals surface area contributed by atoms with Crippen LogP contribution in [0.15, 0.2) is 0 Å². The van der Waals surface area contributed by atoms with Gasteiger partial charge in [0, 0.05) is 25.0 Å². The molecular formula is C12H23N3S. The van der Waals surface area contributed by atoms with Gasteiger partial charge in [-0.2, -0.15) is 0 Å². The molecule has 0 aliphatic heterocycles. The number of hydrogen-bond acceptors (Lipinski definition) is 4. The molecule has 16 heavy (non-hydrogen) atoms. The lowest BCUT2D eigenvalue weighted by atomic mass is 10.1. The second kappa shape index (κ2) is 6.21. The fraction of sp³-hybridized carbons (Fsp3) is 0.750. The van der Waals surface area contributed by atoms with Crippen molar-refractivity contribution in [3.63, 3.8) is 0 Å². The number of hydrogen-bond donors (Lipinski definition) is 1. The predicted molar refractivity (Wildman–Crippen MR) is 72.1 cm³/mol. The van der Waals surface area contributed by atoms with Gasteiger partial charge < -0.3 is 10.6 Å². The molecule has 0 spiro atoms. The number of thiazole rings is 1. The van der Waals surface area contributed by atoms with Crippen LogP contribution in [-0.4, -0.2) is 18.6 Å². The minimum Gasteiger partial charge on any atom is -0.351 e. The van der Waals surface area contributed by atoms with Gasteiger partial charge >= 0.3 is 0 Å². The smallest absolute Gasteiger partial charge is 0.185 e. The summed E-state index contributed by atoms with van der Waals surface area (Å²) < 4.78 is 0. The highest BCUT2D eigenvalue weighted by molar-refractivity contribution is 7.15. The number of nitrogens with two attached hydrogens (primary N) is 1. The molecule has 3 nitrogen and oxygen atoms in total. The van der Waals surface area contributed by atoms with Gasteiger partial charge in [-0.25, -0.2) is 4.98 Å². The molecule has 1 aromatic rings. The number of aryl methyl sites for hydroxylation is 1. The van der Waals surface area contributed by atoms with Crippen LogP contribution in [0.25, 0.3) is 0 Å². The summed E-state index contributed by atoms with van der Waals surface area (Å²) in [6.45, 7) is 8.31. The summed E-state index contributed by atoms with van der Waals surface area (Å²) in [5, 5.41) is 1.11. The molecule has 0 atom stereocenters. The number of anilines is 1. The van der Waals surface area contributed by atoms with Gasteiger partial charge in [0.25, 0.3) is 0 Å². The molecule has 0 bridgehead atoms. The minimum absolute atomic E-state index is 0.610. The van der Waals surface area contributed by atoms with Crippen LogP contribution in [0.4, 0.5) is 5.13 Å². The number of rotatable bonds is 6. The first-order valence-corrected chi connectivity index (χ1v) is 6.79. The standard InChI is InChI=1S/C12H23N3S/c1-5-10-11(8-13)16-12(14-10)15(4)7-6-9(2)3/h9H,5-8,13H2,1-4H3. The molecule has 0 saturated heterocycles. The molecule has 1 heterocycles. The second-order valence-corrected chi connectivity index (χ2v) is 5.59. The van der Waals surface area contributed by atoms with Gasteiger partial charge in [-0.3, -0.25) is 0 Å². The Morgan fingerprint density at radius 2 is 2.12 bits per heavy atom. The van der Waals surface area contributed by atoms with Crippen molar-refractivity contribution in [3.05, 3.63) is 10.6 Å². The van der Waals surface area contributed by atoms with E-state index in [0.717, 1.165) is 24.0 Å². The Morgan fingerprint density at radius 1 is 1.44 bits per heavy atom. The van der Waals surface area contributed by atoms with E-state index in [9.17, 15) is 0 Å². The van der Waals surface area contributed by atoms with E-state index in [4.69, 9.17) is 5.73 Å². The van der Waals surface area contributed by atoms with E-state index < -0.39 is 0 Å². The van der Waals surface area contributed by atoms with E-state index in [1.807, 2.05) is 0 Å². The lowest BCUT2D eigenvalue weighted by Gasteiger charge is -2.16. The molecule has 0 aliphatic carbocycles. The summed E-state index contributed by atoms with van der Waals surface area (Å²) in [5.74, 6) is 0.738. The summed E-state index contributed by atoms with van der Waals surface area (Å²) >= 11 is 1.73. The van der Waals surface area contributed by atoms with Gasteiger partial charge in [0.15, 0.2) is 5.13 Å². The molecule has 1 aromatic heterocycles. The highest BCUT2D eigenvalue weighted by Gasteiger charge is 2.11. The molecule has 0 aromatic carbocycles. The molecule has 4 heteroatoms. The Hall–Kier alpha value is -0.610. The van der Waals surface area contributed by atoms with E-state index in [1.54, 1.807) is 11.3 Å². The zero-order chi connectivity index (χ0) is 12.1. The molecule has 0 saturated carbocycles. The van der Waals surface area contributed by atoms with E-state index in [-0.39, 0.29) is 0 Å². The van der Waals surface area contributed by atoms with Crippen molar-refractivity contribution in [2.24, 2.45) is 11.7 Å². The average Bonchev–Trinajstić information content (AvgIpc) is 2.68. The topological polar surface area (TPSA) is 42.2 Å². The summed E-state index contributed by atoms with van der Waals surface area (Å²) in [6, 6.07) is 0. The minimum atomic E-state index is 0.610. The lowest BCUT2D eigenvalue weighted by molar-refractivity contribution is 0.585. The second-order valence-electron chi connectivity index (χ2n) is 4.53. The Balaban J connectivity index is 2.68. The summed E-state index contributed by atoms with van der Waals surface area (Å²) in [5.41, 5.74) is 6.88. The van der Waals surface area contributed by atoms with Gasteiger partial charge in [-0.05, 0) is 18.8 Å². The van der Waals surface area contributed by atoms with Crippen molar-refractivity contribution < 1.29 is 0 Å². The van der Waals surface area contributed by atoms with Crippen LogP contribution in [-0.2, 0) is 13.0 Å². The van der Waals surface area contributed by atoms with E-state index >= 15 is 0 Å². The van der Waals surface area contributed by atoms with Crippen molar-refractivity contribution in [1.82, 2.24) is 4.98 Å². The number of aromatic nitrogens is 1. The van der Waals surface area contributed by atoms with Crippen molar-refractivity contribution in [3.8, 4) is 0 Å². The van der Waals surface area contributed by atoms with Crippen LogP contribution in [0.3, 0.4) is 0 Å². The van der Waals surface area contributed by atoms with Crippen molar-refractivity contribution in [1.29, 1.82) is 0 Å². The lowest BCUT2D eigenvalue weighted by Crippen LogP contribution is -2.19. The first kappa shape index (κ1) is 13.5. The van der Waals surface area contributed by atoms with Crippen LogP contribution in [0.5, 0.6) is 0 Å². The summed E-state index contributed by atoms with van der Waals surface area (Å²) in [7, 11) is 2.11. The third-order valence-electron chi connectivity index (χ3n) is 2.66. The van der Waals surface area contributed by atoms with Crippen LogP contribution in [0.2, 0.25) is 0 Å². The highest BCUT2D eigenvalue weighted by atomic mass is 32.1. The monoisotopic (exact) mass is 241 g/mol. The summed E-state index contributed by atoms with van der Waals surface area (Å²) in [4.78, 5) is 8.11.